The van der Waals surface area contributed by atoms with Crippen molar-refractivity contribution in [3.8, 4) is 0 Å². The van der Waals surface area contributed by atoms with Crippen LogP contribution in [0.2, 0.25) is 0 Å². The topological polar surface area (TPSA) is 65.1 Å². The first kappa shape index (κ1) is 16.5. The summed E-state index contributed by atoms with van der Waals surface area (Å²) in [5.41, 5.74) is 3.81. The molecule has 0 amide bonds. The SMILES string of the molecule is CCC(CC)(OC)C(Cc1ccn(C2CCCC2)n1)NN. The summed E-state index contributed by atoms with van der Waals surface area (Å²) in [6.07, 6.45) is 9.93. The summed E-state index contributed by atoms with van der Waals surface area (Å²) < 4.78 is 7.93. The number of nitrogens with one attached hydrogen (secondary N) is 1. The lowest BCUT2D eigenvalue weighted by molar-refractivity contribution is -0.0475. The molecule has 0 bridgehead atoms. The van der Waals surface area contributed by atoms with E-state index in [2.05, 4.69) is 36.2 Å². The third-order valence-corrected chi connectivity index (χ3v) is 5.22. The van der Waals surface area contributed by atoms with Crippen molar-refractivity contribution in [1.29, 1.82) is 0 Å². The molecule has 2 rings (SSSR count). The third-order valence-electron chi connectivity index (χ3n) is 5.22. The molecule has 0 spiro atoms. The number of methoxy groups -OCH3 is 1. The average Bonchev–Trinajstić information content (AvgIpc) is 3.19. The zero-order valence-corrected chi connectivity index (χ0v) is 13.6. The molecule has 120 valence electrons. The molecule has 1 aliphatic rings. The van der Waals surface area contributed by atoms with E-state index in [-0.39, 0.29) is 11.6 Å². The van der Waals surface area contributed by atoms with Gasteiger partial charge in [0.05, 0.1) is 23.4 Å². The number of nitrogens with zero attached hydrogens (tertiary/aromatic N) is 2. The Morgan fingerprint density at radius 3 is 2.62 bits per heavy atom. The van der Waals surface area contributed by atoms with Crippen LogP contribution < -0.4 is 11.3 Å². The zero-order chi connectivity index (χ0) is 15.3. The molecule has 1 aliphatic carbocycles. The van der Waals surface area contributed by atoms with Gasteiger partial charge in [0.25, 0.3) is 0 Å². The number of aromatic nitrogens is 2. The second-order valence-electron chi connectivity index (χ2n) is 6.12. The van der Waals surface area contributed by atoms with E-state index in [1.165, 1.54) is 25.7 Å². The summed E-state index contributed by atoms with van der Waals surface area (Å²) in [7, 11) is 1.77. The van der Waals surface area contributed by atoms with Crippen molar-refractivity contribution < 1.29 is 4.74 Å². The summed E-state index contributed by atoms with van der Waals surface area (Å²) in [5.74, 6) is 5.80. The van der Waals surface area contributed by atoms with Crippen molar-refractivity contribution in [2.75, 3.05) is 7.11 Å². The Morgan fingerprint density at radius 1 is 1.43 bits per heavy atom. The van der Waals surface area contributed by atoms with Crippen LogP contribution in [0.4, 0.5) is 0 Å². The van der Waals surface area contributed by atoms with Crippen molar-refractivity contribution in [3.63, 3.8) is 0 Å². The summed E-state index contributed by atoms with van der Waals surface area (Å²) >= 11 is 0. The molecule has 1 heterocycles. The highest BCUT2D eigenvalue weighted by molar-refractivity contribution is 5.06. The van der Waals surface area contributed by atoms with Crippen LogP contribution in [0.3, 0.4) is 0 Å². The van der Waals surface area contributed by atoms with E-state index in [1.807, 2.05) is 0 Å². The quantitative estimate of drug-likeness (QED) is 0.571. The van der Waals surface area contributed by atoms with E-state index in [4.69, 9.17) is 15.7 Å². The molecular weight excluding hydrogens is 264 g/mol. The van der Waals surface area contributed by atoms with Gasteiger partial charge in [-0.3, -0.25) is 16.0 Å². The van der Waals surface area contributed by atoms with E-state index in [0.29, 0.717) is 6.04 Å². The van der Waals surface area contributed by atoms with Crippen LogP contribution in [-0.2, 0) is 11.2 Å². The summed E-state index contributed by atoms with van der Waals surface area (Å²) in [6.45, 7) is 4.29. The largest absolute Gasteiger partial charge is 0.377 e. The van der Waals surface area contributed by atoms with Gasteiger partial charge in [0, 0.05) is 19.7 Å². The second-order valence-corrected chi connectivity index (χ2v) is 6.12. The van der Waals surface area contributed by atoms with Gasteiger partial charge >= 0.3 is 0 Å². The normalized spacial score (nSPS) is 18.3. The Bertz CT molecular complexity index is 413. The van der Waals surface area contributed by atoms with Crippen LogP contribution in [0, 0.1) is 0 Å². The number of rotatable bonds is 8. The summed E-state index contributed by atoms with van der Waals surface area (Å²) in [5, 5.41) is 4.76. The van der Waals surface area contributed by atoms with E-state index < -0.39 is 0 Å². The molecule has 21 heavy (non-hydrogen) atoms. The zero-order valence-electron chi connectivity index (χ0n) is 13.6. The van der Waals surface area contributed by atoms with Gasteiger partial charge in [-0.15, -0.1) is 0 Å². The van der Waals surface area contributed by atoms with E-state index in [9.17, 15) is 0 Å². The van der Waals surface area contributed by atoms with Crippen molar-refractivity contribution in [2.24, 2.45) is 5.84 Å². The van der Waals surface area contributed by atoms with Crippen LogP contribution in [0.5, 0.6) is 0 Å². The van der Waals surface area contributed by atoms with Crippen LogP contribution in [0.25, 0.3) is 0 Å². The predicted molar refractivity (Wildman–Crippen MR) is 84.9 cm³/mol. The fourth-order valence-corrected chi connectivity index (χ4v) is 3.64. The number of ether oxygens (including phenoxy) is 1. The first-order valence-corrected chi connectivity index (χ1v) is 8.24. The molecule has 1 atom stereocenters. The Labute approximate surface area is 128 Å². The van der Waals surface area contributed by atoms with Crippen molar-refractivity contribution in [3.05, 3.63) is 18.0 Å². The lowest BCUT2D eigenvalue weighted by Gasteiger charge is -2.37. The molecule has 0 aromatic carbocycles. The van der Waals surface area contributed by atoms with Crippen LogP contribution in [0.15, 0.2) is 12.3 Å². The molecular formula is C16H30N4O. The maximum Gasteiger partial charge on any atom is 0.0843 e. The van der Waals surface area contributed by atoms with Crippen LogP contribution >= 0.6 is 0 Å². The molecule has 1 fully saturated rings. The van der Waals surface area contributed by atoms with Gasteiger partial charge in [-0.1, -0.05) is 26.7 Å². The lowest BCUT2D eigenvalue weighted by atomic mass is 9.86. The minimum atomic E-state index is -0.230. The number of hydrogen-bond donors (Lipinski definition) is 2. The van der Waals surface area contributed by atoms with Gasteiger partial charge in [0.1, 0.15) is 0 Å². The molecule has 1 aromatic rings. The van der Waals surface area contributed by atoms with E-state index >= 15 is 0 Å². The molecule has 0 aliphatic heterocycles. The van der Waals surface area contributed by atoms with Crippen molar-refractivity contribution in [1.82, 2.24) is 15.2 Å². The monoisotopic (exact) mass is 294 g/mol. The highest BCUT2D eigenvalue weighted by Crippen LogP contribution is 2.29. The maximum absolute atomic E-state index is 5.80. The number of hydrazine groups is 1. The van der Waals surface area contributed by atoms with Crippen LogP contribution in [-0.4, -0.2) is 28.5 Å². The van der Waals surface area contributed by atoms with Gasteiger partial charge in [0.15, 0.2) is 0 Å². The first-order chi connectivity index (χ1) is 10.2. The molecule has 5 heteroatoms. The minimum absolute atomic E-state index is 0.0735. The molecule has 1 aromatic heterocycles. The van der Waals surface area contributed by atoms with Gasteiger partial charge < -0.3 is 4.74 Å². The van der Waals surface area contributed by atoms with E-state index in [1.54, 1.807) is 7.11 Å². The van der Waals surface area contributed by atoms with Crippen molar-refractivity contribution >= 4 is 0 Å². The predicted octanol–water partition coefficient (Wildman–Crippen LogP) is 2.58. The standard InChI is InChI=1S/C16H30N4O/c1-4-16(5-2,21-3)15(18-17)12-13-10-11-20(19-13)14-8-6-7-9-14/h10-11,14-15,18H,4-9,12,17H2,1-3H3. The smallest absolute Gasteiger partial charge is 0.0843 e. The lowest BCUT2D eigenvalue weighted by Crippen LogP contribution is -2.55. The average molecular weight is 294 g/mol. The van der Waals surface area contributed by atoms with Gasteiger partial charge in [-0.05, 0) is 31.7 Å². The summed E-state index contributed by atoms with van der Waals surface area (Å²) in [4.78, 5) is 0. The van der Waals surface area contributed by atoms with Crippen LogP contribution in [0.1, 0.15) is 64.1 Å². The number of hydrogen-bond acceptors (Lipinski definition) is 4. The van der Waals surface area contributed by atoms with Gasteiger partial charge in [-0.25, -0.2) is 0 Å². The summed E-state index contributed by atoms with van der Waals surface area (Å²) in [6, 6.07) is 2.78. The Hall–Kier alpha value is -0.910. The third kappa shape index (κ3) is 3.47. The fraction of sp³-hybridized carbons (Fsp3) is 0.812. The fourth-order valence-electron chi connectivity index (χ4n) is 3.64. The second kappa shape index (κ2) is 7.38. The molecule has 0 radical (unpaired) electrons. The molecule has 1 saturated carbocycles. The molecule has 0 saturated heterocycles. The molecule has 3 N–H and O–H groups in total. The minimum Gasteiger partial charge on any atom is -0.377 e. The highest BCUT2D eigenvalue weighted by Gasteiger charge is 2.35. The van der Waals surface area contributed by atoms with Gasteiger partial charge in [0.2, 0.25) is 0 Å². The highest BCUT2D eigenvalue weighted by atomic mass is 16.5. The molecule has 1 unspecified atom stereocenters. The first-order valence-electron chi connectivity index (χ1n) is 8.24. The van der Waals surface area contributed by atoms with E-state index in [0.717, 1.165) is 25.0 Å². The Morgan fingerprint density at radius 2 is 2.10 bits per heavy atom. The Balaban J connectivity index is 2.07. The number of nitrogens with two attached hydrogens (primary N) is 1. The Kier molecular flexibility index (Phi) is 5.79. The van der Waals surface area contributed by atoms with Gasteiger partial charge in [-0.2, -0.15) is 5.10 Å². The van der Waals surface area contributed by atoms with Crippen molar-refractivity contribution in [2.45, 2.75) is 76.5 Å². The molecule has 5 nitrogen and oxygen atoms in total. The maximum atomic E-state index is 5.80.